The third-order valence-electron chi connectivity index (χ3n) is 2.65. The van der Waals surface area contributed by atoms with Crippen molar-refractivity contribution in [2.45, 2.75) is 0 Å². The van der Waals surface area contributed by atoms with Crippen LogP contribution in [0.15, 0.2) is 24.4 Å². The lowest BCUT2D eigenvalue weighted by Crippen LogP contribution is -2.14. The molecule has 1 heterocycles. The molecule has 0 saturated carbocycles. The molecule has 7 heteroatoms. The molecule has 0 radical (unpaired) electrons. The second-order valence-corrected chi connectivity index (χ2v) is 4.27. The van der Waals surface area contributed by atoms with Gasteiger partial charge in [0.15, 0.2) is 0 Å². The van der Waals surface area contributed by atoms with Crippen molar-refractivity contribution in [2.75, 3.05) is 18.2 Å². The third-order valence-corrected chi connectivity index (χ3v) is 2.98. The van der Waals surface area contributed by atoms with Crippen molar-refractivity contribution in [3.8, 4) is 5.75 Å². The molecule has 0 unspecified atom stereocenters. The number of hydrogen-bond acceptors (Lipinski definition) is 4. The van der Waals surface area contributed by atoms with Crippen LogP contribution in [-0.4, -0.2) is 22.8 Å². The number of nitrogen functional groups attached to an aromatic ring is 1. The van der Waals surface area contributed by atoms with Crippen LogP contribution in [0.1, 0.15) is 10.4 Å². The summed E-state index contributed by atoms with van der Waals surface area (Å²) < 4.78 is 6.49. The fourth-order valence-corrected chi connectivity index (χ4v) is 1.70. The van der Waals surface area contributed by atoms with Crippen LogP contribution in [-0.2, 0) is 7.05 Å². The number of carbonyl (C=O) groups is 1. The number of nitrogens with one attached hydrogen (secondary N) is 1. The van der Waals surface area contributed by atoms with Gasteiger partial charge in [0, 0.05) is 13.1 Å². The first-order chi connectivity index (χ1) is 9.02. The first-order valence-electron chi connectivity index (χ1n) is 5.45. The van der Waals surface area contributed by atoms with Gasteiger partial charge in [-0.05, 0) is 12.1 Å². The number of hydrogen-bond donors (Lipinski definition) is 2. The summed E-state index contributed by atoms with van der Waals surface area (Å²) in [4.78, 5) is 12.1. The maximum atomic E-state index is 12.1. The molecule has 19 heavy (non-hydrogen) atoms. The van der Waals surface area contributed by atoms with Gasteiger partial charge in [-0.2, -0.15) is 5.10 Å². The van der Waals surface area contributed by atoms with Gasteiger partial charge >= 0.3 is 0 Å². The lowest BCUT2D eigenvalue weighted by molar-refractivity contribution is 0.102. The molecule has 0 aliphatic carbocycles. The van der Waals surface area contributed by atoms with Crippen molar-refractivity contribution in [2.24, 2.45) is 7.05 Å². The van der Waals surface area contributed by atoms with Crippen molar-refractivity contribution >= 4 is 29.0 Å². The maximum Gasteiger partial charge on any atom is 0.261 e. The van der Waals surface area contributed by atoms with E-state index in [1.165, 1.54) is 18.0 Å². The number of halogens is 1. The molecule has 2 aromatic rings. The van der Waals surface area contributed by atoms with Gasteiger partial charge in [0.2, 0.25) is 0 Å². The van der Waals surface area contributed by atoms with Crippen LogP contribution in [0.3, 0.4) is 0 Å². The van der Waals surface area contributed by atoms with Crippen LogP contribution in [0, 0.1) is 0 Å². The number of amides is 1. The molecule has 0 spiro atoms. The number of methoxy groups -OCH3 is 1. The summed E-state index contributed by atoms with van der Waals surface area (Å²) in [5, 5.41) is 6.99. The Morgan fingerprint density at radius 2 is 2.26 bits per heavy atom. The van der Waals surface area contributed by atoms with Crippen LogP contribution < -0.4 is 15.8 Å². The van der Waals surface area contributed by atoms with Crippen molar-refractivity contribution in [1.82, 2.24) is 9.78 Å². The van der Waals surface area contributed by atoms with Gasteiger partial charge in [0.05, 0.1) is 24.0 Å². The van der Waals surface area contributed by atoms with E-state index < -0.39 is 0 Å². The number of rotatable bonds is 3. The third kappa shape index (κ3) is 2.63. The largest absolute Gasteiger partial charge is 0.497 e. The molecule has 0 bridgehead atoms. The topological polar surface area (TPSA) is 82.2 Å². The van der Waals surface area contributed by atoms with E-state index in [2.05, 4.69) is 10.4 Å². The second kappa shape index (κ2) is 5.19. The highest BCUT2D eigenvalue weighted by Gasteiger charge is 2.15. The number of aryl methyl sites for hydroxylation is 1. The number of ether oxygens (including phenoxy) is 1. The minimum Gasteiger partial charge on any atom is -0.497 e. The highest BCUT2D eigenvalue weighted by Crippen LogP contribution is 2.27. The Bertz CT molecular complexity index is 624. The van der Waals surface area contributed by atoms with E-state index in [9.17, 15) is 4.79 Å². The fraction of sp³-hybridized carbons (Fsp3) is 0.167. The Kier molecular flexibility index (Phi) is 3.62. The molecule has 6 nitrogen and oxygen atoms in total. The minimum atomic E-state index is -0.374. The maximum absolute atomic E-state index is 12.1. The highest BCUT2D eigenvalue weighted by atomic mass is 35.5. The van der Waals surface area contributed by atoms with Crippen molar-refractivity contribution in [3.63, 3.8) is 0 Å². The van der Waals surface area contributed by atoms with Gasteiger partial charge in [-0.1, -0.05) is 11.6 Å². The second-order valence-electron chi connectivity index (χ2n) is 3.87. The van der Waals surface area contributed by atoms with Crippen molar-refractivity contribution in [1.29, 1.82) is 0 Å². The zero-order valence-corrected chi connectivity index (χ0v) is 11.2. The van der Waals surface area contributed by atoms with E-state index in [1.807, 2.05) is 0 Å². The molecule has 3 N–H and O–H groups in total. The van der Waals surface area contributed by atoms with E-state index in [-0.39, 0.29) is 11.7 Å². The van der Waals surface area contributed by atoms with Gasteiger partial charge in [0.1, 0.15) is 17.1 Å². The predicted octanol–water partition coefficient (Wildman–Crippen LogP) is 1.92. The van der Waals surface area contributed by atoms with Crippen LogP contribution in [0.4, 0.5) is 11.5 Å². The minimum absolute atomic E-state index is 0.288. The number of benzene rings is 1. The number of nitrogens with two attached hydrogens (primary N) is 1. The lowest BCUT2D eigenvalue weighted by Gasteiger charge is -2.08. The first-order valence-corrected chi connectivity index (χ1v) is 5.83. The molecule has 100 valence electrons. The average molecular weight is 281 g/mol. The predicted molar refractivity (Wildman–Crippen MR) is 73.6 cm³/mol. The standard InChI is InChI=1S/C12H13ClN4O2/c1-17-11(14)8(6-15-17)12(18)16-10-5-7(19-2)3-4-9(10)13/h3-6H,14H2,1-2H3,(H,16,18). The van der Waals surface area contributed by atoms with E-state index in [0.717, 1.165) is 0 Å². The number of anilines is 2. The Morgan fingerprint density at radius 1 is 1.53 bits per heavy atom. The van der Waals surface area contributed by atoms with E-state index in [4.69, 9.17) is 22.1 Å². The molecule has 0 fully saturated rings. The monoisotopic (exact) mass is 280 g/mol. The zero-order valence-electron chi connectivity index (χ0n) is 10.5. The number of nitrogens with zero attached hydrogens (tertiary/aromatic N) is 2. The molecular weight excluding hydrogens is 268 g/mol. The summed E-state index contributed by atoms with van der Waals surface area (Å²) in [6.45, 7) is 0. The lowest BCUT2D eigenvalue weighted by atomic mass is 10.2. The average Bonchev–Trinajstić information content (AvgIpc) is 2.73. The van der Waals surface area contributed by atoms with Crippen LogP contribution in [0.2, 0.25) is 5.02 Å². The smallest absolute Gasteiger partial charge is 0.261 e. The zero-order chi connectivity index (χ0) is 14.0. The van der Waals surface area contributed by atoms with Crippen LogP contribution >= 0.6 is 11.6 Å². The van der Waals surface area contributed by atoms with Gasteiger partial charge in [-0.3, -0.25) is 9.48 Å². The SMILES string of the molecule is COc1ccc(Cl)c(NC(=O)c2cnn(C)c2N)c1. The van der Waals surface area contributed by atoms with E-state index >= 15 is 0 Å². The summed E-state index contributed by atoms with van der Waals surface area (Å²) in [6.07, 6.45) is 1.40. The molecule has 2 rings (SSSR count). The number of carbonyl (C=O) groups excluding carboxylic acids is 1. The molecule has 0 atom stereocenters. The van der Waals surface area contributed by atoms with E-state index in [0.29, 0.717) is 22.0 Å². The molecule has 1 aromatic carbocycles. The van der Waals surface area contributed by atoms with Gasteiger partial charge in [0.25, 0.3) is 5.91 Å². The van der Waals surface area contributed by atoms with Crippen molar-refractivity contribution < 1.29 is 9.53 Å². The first kappa shape index (κ1) is 13.2. The van der Waals surface area contributed by atoms with Gasteiger partial charge in [-0.15, -0.1) is 0 Å². The summed E-state index contributed by atoms with van der Waals surface area (Å²) in [6, 6.07) is 4.98. The van der Waals surface area contributed by atoms with Crippen LogP contribution in [0.5, 0.6) is 5.75 Å². The number of aromatic nitrogens is 2. The van der Waals surface area contributed by atoms with Crippen LogP contribution in [0.25, 0.3) is 0 Å². The fourth-order valence-electron chi connectivity index (χ4n) is 1.54. The quantitative estimate of drug-likeness (QED) is 0.900. The Balaban J connectivity index is 2.26. The molecule has 1 amide bonds. The molecule has 0 saturated heterocycles. The Hall–Kier alpha value is -2.21. The Morgan fingerprint density at radius 3 is 2.84 bits per heavy atom. The molecule has 0 aliphatic heterocycles. The molecular formula is C12H13ClN4O2. The molecule has 0 aliphatic rings. The summed E-state index contributed by atoms with van der Waals surface area (Å²) in [5.41, 5.74) is 6.48. The summed E-state index contributed by atoms with van der Waals surface area (Å²) in [5.74, 6) is 0.510. The normalized spacial score (nSPS) is 10.3. The Labute approximate surface area is 115 Å². The van der Waals surface area contributed by atoms with Gasteiger partial charge < -0.3 is 15.8 Å². The summed E-state index contributed by atoms with van der Waals surface area (Å²) in [7, 11) is 3.19. The van der Waals surface area contributed by atoms with E-state index in [1.54, 1.807) is 25.2 Å². The highest BCUT2D eigenvalue weighted by molar-refractivity contribution is 6.34. The summed E-state index contributed by atoms with van der Waals surface area (Å²) >= 11 is 6.01. The van der Waals surface area contributed by atoms with Crippen molar-refractivity contribution in [3.05, 3.63) is 35.0 Å². The molecule has 1 aromatic heterocycles. The van der Waals surface area contributed by atoms with Gasteiger partial charge in [-0.25, -0.2) is 0 Å².